The Morgan fingerprint density at radius 2 is 1.68 bits per heavy atom. The minimum absolute atomic E-state index is 0.0420. The van der Waals surface area contributed by atoms with Crippen molar-refractivity contribution in [3.63, 3.8) is 0 Å². The van der Waals surface area contributed by atoms with Crippen LogP contribution in [0.25, 0.3) is 0 Å². The normalized spacial score (nSPS) is 33.0. The topological polar surface area (TPSA) is 90.4 Å². The number of aliphatic hydroxyl groups excluding tert-OH is 1. The van der Waals surface area contributed by atoms with E-state index in [0.29, 0.717) is 26.2 Å². The molecular weight excluding hydrogens is 506 g/mol. The number of aliphatic hydroxyl groups is 1. The van der Waals surface area contributed by atoms with Crippen LogP contribution >= 0.6 is 0 Å². The van der Waals surface area contributed by atoms with Crippen LogP contribution in [0, 0.1) is 17.8 Å². The SMILES string of the molecule is CCCCN1CC=C[C@]23O[C@]4(C)C=CCN(Cc5ccccc5)C(=O)[C@@H]4[C@H]2C(=O)N([C@@H](CO)[C@@H](C)CC)C3C1=O. The molecule has 8 heteroatoms. The zero-order chi connectivity index (χ0) is 28.7. The van der Waals surface area contributed by atoms with Gasteiger partial charge in [0.2, 0.25) is 17.7 Å². The van der Waals surface area contributed by atoms with E-state index < -0.39 is 35.1 Å². The third-order valence-electron chi connectivity index (χ3n) is 9.50. The van der Waals surface area contributed by atoms with Crippen LogP contribution in [-0.4, -0.2) is 87.1 Å². The summed E-state index contributed by atoms with van der Waals surface area (Å²) in [6.07, 6.45) is 10.2. The molecule has 0 aromatic heterocycles. The molecule has 0 radical (unpaired) electrons. The van der Waals surface area contributed by atoms with Crippen molar-refractivity contribution in [3.05, 3.63) is 60.2 Å². The number of benzene rings is 1. The molecule has 1 aromatic rings. The summed E-state index contributed by atoms with van der Waals surface area (Å²) >= 11 is 0. The van der Waals surface area contributed by atoms with Crippen molar-refractivity contribution >= 4 is 17.7 Å². The standard InChI is InChI=1S/C32H43N3O5/c1-5-7-17-33-18-12-16-32-26(29(38)35(27(32)30(33)39)24(21-36)22(3)6-2)25-28(37)34(19-11-15-31(25,4)40-32)20-23-13-9-8-10-14-23/h8-16,22,24-27,36H,5-7,17-21H2,1-4H3/t22-,24-,25-,26-,27?,31+,32-/m0/s1. The second-order valence-corrected chi connectivity index (χ2v) is 12.0. The van der Waals surface area contributed by atoms with Crippen LogP contribution in [0.15, 0.2) is 54.6 Å². The van der Waals surface area contributed by atoms with Crippen LogP contribution in [0.1, 0.15) is 52.5 Å². The van der Waals surface area contributed by atoms with Crippen molar-refractivity contribution in [1.82, 2.24) is 14.7 Å². The number of ether oxygens (including phenoxy) is 1. The van der Waals surface area contributed by atoms with E-state index >= 15 is 0 Å². The Labute approximate surface area is 237 Å². The molecule has 0 bridgehead atoms. The molecule has 1 N–H and O–H groups in total. The molecule has 4 aliphatic rings. The molecule has 7 atom stereocenters. The van der Waals surface area contributed by atoms with Gasteiger partial charge in [0, 0.05) is 26.2 Å². The lowest BCUT2D eigenvalue weighted by Gasteiger charge is -2.41. The number of hydrogen-bond donors (Lipinski definition) is 1. The zero-order valence-corrected chi connectivity index (χ0v) is 24.2. The number of nitrogens with zero attached hydrogens (tertiary/aromatic N) is 3. The number of unbranched alkanes of at least 4 members (excludes halogenated alkanes) is 1. The van der Waals surface area contributed by atoms with Crippen LogP contribution in [0.2, 0.25) is 0 Å². The fraction of sp³-hybridized carbons (Fsp3) is 0.594. The summed E-state index contributed by atoms with van der Waals surface area (Å²) in [6, 6.07) is 8.32. The Bertz CT molecular complexity index is 1180. The summed E-state index contributed by atoms with van der Waals surface area (Å²) in [5.74, 6) is -2.32. The van der Waals surface area contributed by atoms with Gasteiger partial charge in [-0.15, -0.1) is 0 Å². The van der Waals surface area contributed by atoms with Gasteiger partial charge in [-0.2, -0.15) is 0 Å². The van der Waals surface area contributed by atoms with Crippen LogP contribution in [-0.2, 0) is 25.7 Å². The van der Waals surface area contributed by atoms with E-state index in [2.05, 4.69) is 6.92 Å². The van der Waals surface area contributed by atoms with Crippen molar-refractivity contribution in [2.75, 3.05) is 26.2 Å². The molecule has 1 spiro atoms. The average molecular weight is 550 g/mol. The minimum Gasteiger partial charge on any atom is -0.394 e. The fourth-order valence-electron chi connectivity index (χ4n) is 7.23. The third kappa shape index (κ3) is 4.49. The molecule has 0 aliphatic carbocycles. The summed E-state index contributed by atoms with van der Waals surface area (Å²) in [5, 5.41) is 10.5. The number of rotatable bonds is 9. The number of fused-ring (bicyclic) bond motifs is 2. The molecule has 0 saturated carbocycles. The second kappa shape index (κ2) is 11.1. The number of carbonyl (C=O) groups excluding carboxylic acids is 3. The smallest absolute Gasteiger partial charge is 0.249 e. The van der Waals surface area contributed by atoms with E-state index in [-0.39, 0.29) is 30.2 Å². The van der Waals surface area contributed by atoms with Gasteiger partial charge in [0.1, 0.15) is 11.6 Å². The van der Waals surface area contributed by atoms with Gasteiger partial charge >= 0.3 is 0 Å². The molecule has 40 heavy (non-hydrogen) atoms. The van der Waals surface area contributed by atoms with E-state index in [1.165, 1.54) is 0 Å². The second-order valence-electron chi connectivity index (χ2n) is 12.0. The van der Waals surface area contributed by atoms with Crippen LogP contribution in [0.3, 0.4) is 0 Å². The first-order chi connectivity index (χ1) is 19.2. The highest BCUT2D eigenvalue weighted by atomic mass is 16.5. The largest absolute Gasteiger partial charge is 0.394 e. The number of amides is 3. The van der Waals surface area contributed by atoms with E-state index in [1.54, 1.807) is 14.7 Å². The highest BCUT2D eigenvalue weighted by Gasteiger charge is 2.75. The lowest BCUT2D eigenvalue weighted by Crippen LogP contribution is -2.59. The van der Waals surface area contributed by atoms with Crippen molar-refractivity contribution in [3.8, 4) is 0 Å². The molecule has 2 saturated heterocycles. The summed E-state index contributed by atoms with van der Waals surface area (Å²) in [4.78, 5) is 48.5. The maximum atomic E-state index is 14.6. The van der Waals surface area contributed by atoms with E-state index in [1.807, 2.05) is 75.4 Å². The van der Waals surface area contributed by atoms with E-state index in [4.69, 9.17) is 4.74 Å². The minimum atomic E-state index is -1.30. The van der Waals surface area contributed by atoms with Crippen molar-refractivity contribution < 1.29 is 24.2 Å². The van der Waals surface area contributed by atoms with Gasteiger partial charge in [-0.25, -0.2) is 0 Å². The van der Waals surface area contributed by atoms with Crippen LogP contribution in [0.5, 0.6) is 0 Å². The van der Waals surface area contributed by atoms with Crippen molar-refractivity contribution in [2.45, 2.75) is 76.8 Å². The van der Waals surface area contributed by atoms with Gasteiger partial charge in [0.25, 0.3) is 0 Å². The lowest BCUT2D eigenvalue weighted by atomic mass is 9.74. The average Bonchev–Trinajstić information content (AvgIpc) is 3.23. The molecule has 1 unspecified atom stereocenters. The predicted molar refractivity (Wildman–Crippen MR) is 152 cm³/mol. The quantitative estimate of drug-likeness (QED) is 0.478. The van der Waals surface area contributed by atoms with Gasteiger partial charge in [0.05, 0.1) is 30.1 Å². The Balaban J connectivity index is 1.61. The number of hydrogen-bond acceptors (Lipinski definition) is 5. The molecule has 3 amide bonds. The fourth-order valence-corrected chi connectivity index (χ4v) is 7.23. The Kier molecular flexibility index (Phi) is 7.94. The molecule has 4 heterocycles. The first-order valence-electron chi connectivity index (χ1n) is 14.8. The Morgan fingerprint density at radius 3 is 2.35 bits per heavy atom. The van der Waals surface area contributed by atoms with Crippen molar-refractivity contribution in [1.29, 1.82) is 0 Å². The third-order valence-corrected chi connectivity index (χ3v) is 9.50. The molecule has 1 aromatic carbocycles. The number of carbonyl (C=O) groups is 3. The highest BCUT2D eigenvalue weighted by molar-refractivity contribution is 6.00. The van der Waals surface area contributed by atoms with E-state index in [9.17, 15) is 19.5 Å². The van der Waals surface area contributed by atoms with Gasteiger partial charge in [0.15, 0.2) is 0 Å². The molecule has 216 valence electrons. The zero-order valence-electron chi connectivity index (χ0n) is 24.2. The number of likely N-dealkylation sites (tertiary alicyclic amines) is 1. The highest BCUT2D eigenvalue weighted by Crippen LogP contribution is 2.58. The summed E-state index contributed by atoms with van der Waals surface area (Å²) in [7, 11) is 0. The summed E-state index contributed by atoms with van der Waals surface area (Å²) in [5.41, 5.74) is -1.35. The van der Waals surface area contributed by atoms with Crippen molar-refractivity contribution in [2.24, 2.45) is 17.8 Å². The van der Waals surface area contributed by atoms with E-state index in [0.717, 1.165) is 24.8 Å². The first-order valence-corrected chi connectivity index (χ1v) is 14.8. The molecule has 4 aliphatic heterocycles. The predicted octanol–water partition coefficient (Wildman–Crippen LogP) is 3.16. The van der Waals surface area contributed by atoms with Gasteiger partial charge in [-0.3, -0.25) is 14.4 Å². The summed E-state index contributed by atoms with van der Waals surface area (Å²) in [6.45, 7) is 9.54. The lowest BCUT2D eigenvalue weighted by molar-refractivity contribution is -0.157. The van der Waals surface area contributed by atoms with Gasteiger partial charge in [-0.1, -0.05) is 88.2 Å². The molecule has 5 rings (SSSR count). The summed E-state index contributed by atoms with van der Waals surface area (Å²) < 4.78 is 6.92. The maximum absolute atomic E-state index is 14.6. The van der Waals surface area contributed by atoms with Crippen LogP contribution in [0.4, 0.5) is 0 Å². The monoisotopic (exact) mass is 549 g/mol. The molecule has 2 fully saturated rings. The first kappa shape index (κ1) is 28.6. The van der Waals surface area contributed by atoms with Crippen LogP contribution < -0.4 is 0 Å². The molecular formula is C32H43N3O5. The Morgan fingerprint density at radius 1 is 0.975 bits per heavy atom. The molecule has 8 nitrogen and oxygen atoms in total. The van der Waals surface area contributed by atoms with Gasteiger partial charge in [-0.05, 0) is 24.8 Å². The maximum Gasteiger partial charge on any atom is 0.249 e. The Hall–Kier alpha value is -2.97. The van der Waals surface area contributed by atoms with Gasteiger partial charge < -0.3 is 24.5 Å².